The number of fused-ring (bicyclic) bond motifs is 1. The second-order valence-corrected chi connectivity index (χ2v) is 7.37. The number of hydrogen-bond acceptors (Lipinski definition) is 4. The maximum atomic E-state index is 13.5. The van der Waals surface area contributed by atoms with Gasteiger partial charge in [-0.2, -0.15) is 18.3 Å². The molecule has 28 heavy (non-hydrogen) atoms. The van der Waals surface area contributed by atoms with Crippen molar-refractivity contribution >= 4 is 11.6 Å². The van der Waals surface area contributed by atoms with Crippen LogP contribution in [0.25, 0.3) is 5.65 Å². The molecule has 2 saturated heterocycles. The van der Waals surface area contributed by atoms with Gasteiger partial charge in [-0.25, -0.2) is 9.50 Å². The Hall–Kier alpha value is -2.16. The van der Waals surface area contributed by atoms with Gasteiger partial charge in [0.05, 0.1) is 11.7 Å². The number of rotatable bonds is 3. The fourth-order valence-electron chi connectivity index (χ4n) is 4.05. The van der Waals surface area contributed by atoms with Crippen molar-refractivity contribution in [3.8, 4) is 0 Å². The molecule has 2 atom stereocenters. The van der Waals surface area contributed by atoms with E-state index >= 15 is 0 Å². The first kappa shape index (κ1) is 19.2. The summed E-state index contributed by atoms with van der Waals surface area (Å²) in [6, 6.07) is 2.28. The normalized spacial score (nSPS) is 23.5. The number of ether oxygens (including phenoxy) is 1. The van der Waals surface area contributed by atoms with E-state index in [-0.39, 0.29) is 17.6 Å². The molecule has 0 unspecified atom stereocenters. The fraction of sp³-hybridized carbons (Fsp3) is 0.632. The van der Waals surface area contributed by atoms with Crippen molar-refractivity contribution in [1.82, 2.24) is 19.5 Å². The van der Waals surface area contributed by atoms with Crippen LogP contribution in [0, 0.1) is 0 Å². The maximum absolute atomic E-state index is 13.5. The highest BCUT2D eigenvalue weighted by Gasteiger charge is 2.38. The van der Waals surface area contributed by atoms with Gasteiger partial charge in [-0.05, 0) is 44.6 Å². The Labute approximate surface area is 160 Å². The molecular weight excluding hydrogens is 373 g/mol. The molecule has 2 aliphatic heterocycles. The summed E-state index contributed by atoms with van der Waals surface area (Å²) in [5.74, 6) is -0.0856. The van der Waals surface area contributed by atoms with Crippen LogP contribution in [0.15, 0.2) is 12.1 Å². The number of halogens is 3. The average molecular weight is 396 g/mol. The lowest BCUT2D eigenvalue weighted by molar-refractivity contribution is -0.145. The third kappa shape index (κ3) is 3.47. The molecule has 0 bridgehead atoms. The van der Waals surface area contributed by atoms with Crippen molar-refractivity contribution in [3.05, 3.63) is 29.2 Å². The summed E-state index contributed by atoms with van der Waals surface area (Å²) in [4.78, 5) is 18.9. The molecule has 2 aromatic rings. The van der Waals surface area contributed by atoms with Crippen LogP contribution in [-0.4, -0.2) is 44.7 Å². The first-order valence-electron chi connectivity index (χ1n) is 9.77. The molecule has 0 aromatic carbocycles. The van der Waals surface area contributed by atoms with Gasteiger partial charge in [0.25, 0.3) is 5.91 Å². The predicted molar refractivity (Wildman–Crippen MR) is 94.6 cm³/mol. The molecule has 152 valence electrons. The topological polar surface area (TPSA) is 59.7 Å². The van der Waals surface area contributed by atoms with E-state index in [1.165, 1.54) is 0 Å². The second-order valence-electron chi connectivity index (χ2n) is 7.37. The number of piperidine rings is 1. The smallest absolute Gasteiger partial charge is 0.368 e. The molecule has 2 aliphatic rings. The van der Waals surface area contributed by atoms with E-state index in [0.29, 0.717) is 43.8 Å². The lowest BCUT2D eigenvalue weighted by atomic mass is 9.98. The SMILES string of the molecule is CCc1cc(C(F)(F)F)n2nc([C@@H]3CCCCN3C(=O)[C@H]3CCCO3)cc2n1. The summed E-state index contributed by atoms with van der Waals surface area (Å²) < 4.78 is 47.0. The number of nitrogens with zero attached hydrogens (tertiary/aromatic N) is 4. The molecule has 6 nitrogen and oxygen atoms in total. The van der Waals surface area contributed by atoms with Crippen LogP contribution in [0.5, 0.6) is 0 Å². The van der Waals surface area contributed by atoms with Gasteiger partial charge in [0.2, 0.25) is 0 Å². The van der Waals surface area contributed by atoms with Crippen LogP contribution in [0.1, 0.15) is 62.2 Å². The van der Waals surface area contributed by atoms with E-state index in [2.05, 4.69) is 10.1 Å². The number of carbonyl (C=O) groups is 1. The number of likely N-dealkylation sites (tertiary alicyclic amines) is 1. The van der Waals surface area contributed by atoms with E-state index in [9.17, 15) is 18.0 Å². The minimum absolute atomic E-state index is 0.0856. The molecule has 9 heteroatoms. The van der Waals surface area contributed by atoms with Crippen LogP contribution in [0.2, 0.25) is 0 Å². The quantitative estimate of drug-likeness (QED) is 0.796. The number of aromatic nitrogens is 3. The molecule has 0 radical (unpaired) electrons. The molecule has 0 aliphatic carbocycles. The highest BCUT2D eigenvalue weighted by molar-refractivity contribution is 5.81. The lowest BCUT2D eigenvalue weighted by Gasteiger charge is -2.36. The first-order chi connectivity index (χ1) is 13.4. The van der Waals surface area contributed by atoms with Gasteiger partial charge in [0, 0.05) is 24.9 Å². The Kier molecular flexibility index (Phi) is 5.03. The van der Waals surface area contributed by atoms with Gasteiger partial charge in [0.1, 0.15) is 11.8 Å². The van der Waals surface area contributed by atoms with Crippen LogP contribution in [0.3, 0.4) is 0 Å². The molecule has 4 heterocycles. The third-order valence-electron chi connectivity index (χ3n) is 5.48. The Morgan fingerprint density at radius 2 is 2.07 bits per heavy atom. The fourth-order valence-corrected chi connectivity index (χ4v) is 4.05. The number of hydrogen-bond donors (Lipinski definition) is 0. The molecule has 4 rings (SSSR count). The minimum Gasteiger partial charge on any atom is -0.368 e. The zero-order valence-corrected chi connectivity index (χ0v) is 15.7. The van der Waals surface area contributed by atoms with Gasteiger partial charge >= 0.3 is 6.18 Å². The summed E-state index contributed by atoms with van der Waals surface area (Å²) >= 11 is 0. The number of aryl methyl sites for hydroxylation is 1. The summed E-state index contributed by atoms with van der Waals surface area (Å²) in [5.41, 5.74) is 0.143. The van der Waals surface area contributed by atoms with Gasteiger partial charge in [-0.3, -0.25) is 4.79 Å². The zero-order valence-electron chi connectivity index (χ0n) is 15.7. The van der Waals surface area contributed by atoms with Crippen molar-refractivity contribution in [1.29, 1.82) is 0 Å². The van der Waals surface area contributed by atoms with Crippen molar-refractivity contribution in [2.45, 2.75) is 63.8 Å². The third-order valence-corrected chi connectivity index (χ3v) is 5.48. The van der Waals surface area contributed by atoms with Crippen molar-refractivity contribution in [2.75, 3.05) is 13.2 Å². The minimum atomic E-state index is -4.53. The monoisotopic (exact) mass is 396 g/mol. The summed E-state index contributed by atoms with van der Waals surface area (Å²) in [5, 5.41) is 4.24. The van der Waals surface area contributed by atoms with Crippen molar-refractivity contribution < 1.29 is 22.7 Å². The van der Waals surface area contributed by atoms with Gasteiger partial charge < -0.3 is 9.64 Å². The molecule has 0 spiro atoms. The van der Waals surface area contributed by atoms with Crippen LogP contribution >= 0.6 is 0 Å². The molecule has 0 N–H and O–H groups in total. The Morgan fingerprint density at radius 3 is 2.75 bits per heavy atom. The summed E-state index contributed by atoms with van der Waals surface area (Å²) in [7, 11) is 0. The number of alkyl halides is 3. The Balaban J connectivity index is 1.73. The first-order valence-corrected chi connectivity index (χ1v) is 9.77. The van der Waals surface area contributed by atoms with Crippen LogP contribution < -0.4 is 0 Å². The van der Waals surface area contributed by atoms with Crippen molar-refractivity contribution in [2.24, 2.45) is 0 Å². The number of carbonyl (C=O) groups excluding carboxylic acids is 1. The molecule has 2 fully saturated rings. The van der Waals surface area contributed by atoms with E-state index in [1.54, 1.807) is 17.9 Å². The molecule has 1 amide bonds. The largest absolute Gasteiger partial charge is 0.433 e. The average Bonchev–Trinajstić information content (AvgIpc) is 3.35. The van der Waals surface area contributed by atoms with Gasteiger partial charge in [-0.15, -0.1) is 0 Å². The molecule has 0 saturated carbocycles. The standard InChI is InChI=1S/C19H23F3N4O2/c1-2-12-10-16(19(20,21)22)26-17(23-12)11-13(24-26)14-6-3-4-8-25(14)18(27)15-7-5-9-28-15/h10-11,14-15H,2-9H2,1H3/t14-,15+/m0/s1. The highest BCUT2D eigenvalue weighted by Crippen LogP contribution is 2.35. The summed E-state index contributed by atoms with van der Waals surface area (Å²) in [6.45, 7) is 2.90. The Bertz CT molecular complexity index is 874. The highest BCUT2D eigenvalue weighted by atomic mass is 19.4. The maximum Gasteiger partial charge on any atom is 0.433 e. The predicted octanol–water partition coefficient (Wildman–Crippen LogP) is 3.54. The van der Waals surface area contributed by atoms with E-state index in [0.717, 1.165) is 29.8 Å². The zero-order chi connectivity index (χ0) is 19.9. The summed E-state index contributed by atoms with van der Waals surface area (Å²) in [6.07, 6.45) is -0.615. The second kappa shape index (κ2) is 7.35. The van der Waals surface area contributed by atoms with Gasteiger partial charge in [0.15, 0.2) is 5.65 Å². The Morgan fingerprint density at radius 1 is 1.25 bits per heavy atom. The van der Waals surface area contributed by atoms with E-state index < -0.39 is 18.0 Å². The number of amides is 1. The van der Waals surface area contributed by atoms with Gasteiger partial charge in [-0.1, -0.05) is 6.92 Å². The molecule has 2 aromatic heterocycles. The van der Waals surface area contributed by atoms with Crippen molar-refractivity contribution in [3.63, 3.8) is 0 Å². The molecular formula is C19H23F3N4O2. The van der Waals surface area contributed by atoms with E-state index in [1.807, 2.05) is 0 Å². The van der Waals surface area contributed by atoms with Crippen LogP contribution in [0.4, 0.5) is 13.2 Å². The lowest BCUT2D eigenvalue weighted by Crippen LogP contribution is -2.44. The van der Waals surface area contributed by atoms with E-state index in [4.69, 9.17) is 4.74 Å². The van der Waals surface area contributed by atoms with Crippen LogP contribution in [-0.2, 0) is 22.1 Å².